The lowest BCUT2D eigenvalue weighted by atomic mass is 9.93. The van der Waals surface area contributed by atoms with Crippen LogP contribution in [-0.4, -0.2) is 77.6 Å². The predicted octanol–water partition coefficient (Wildman–Crippen LogP) is 6.82. The summed E-state index contributed by atoms with van der Waals surface area (Å²) in [7, 11) is 0. The van der Waals surface area contributed by atoms with Gasteiger partial charge in [0.1, 0.15) is 23.4 Å². The molecule has 2 atom stereocenters. The summed E-state index contributed by atoms with van der Waals surface area (Å²) in [6.45, 7) is 7.09. The quantitative estimate of drug-likeness (QED) is 0.307. The zero-order chi connectivity index (χ0) is 29.2. The molecule has 42 heavy (non-hydrogen) atoms. The van der Waals surface area contributed by atoms with Gasteiger partial charge in [-0.2, -0.15) is 0 Å². The zero-order valence-electron chi connectivity index (χ0n) is 23.6. The first kappa shape index (κ1) is 28.9. The summed E-state index contributed by atoms with van der Waals surface area (Å²) in [5.41, 5.74) is 2.37. The molecule has 2 amide bonds. The lowest BCUT2D eigenvalue weighted by Gasteiger charge is -2.41. The number of benzene rings is 3. The minimum atomic E-state index is -0.470. The molecule has 0 spiro atoms. The normalized spacial score (nSPS) is 21.6. The highest BCUT2D eigenvalue weighted by molar-refractivity contribution is 6.30. The van der Waals surface area contributed by atoms with Crippen molar-refractivity contribution in [2.45, 2.75) is 31.8 Å². The topological polar surface area (TPSA) is 51.6 Å². The number of amidine groups is 1. The largest absolute Gasteiger partial charge is 0.493 e. The first-order chi connectivity index (χ1) is 20.4. The molecule has 0 bridgehead atoms. The van der Waals surface area contributed by atoms with Crippen molar-refractivity contribution < 1.29 is 13.9 Å². The SMILES string of the molecule is CCOc1cc(F)ccc1C1=NC(c2ccc(Cl)cc2)C(c2ccc(Cl)cc2)N1C(=O)N1CCN(N2CCCC2)CC1. The van der Waals surface area contributed by atoms with Crippen LogP contribution in [0.25, 0.3) is 0 Å². The van der Waals surface area contributed by atoms with E-state index in [4.69, 9.17) is 32.9 Å². The Hall–Kier alpha value is -3.17. The van der Waals surface area contributed by atoms with Crippen LogP contribution in [0.5, 0.6) is 5.75 Å². The average Bonchev–Trinajstić information content (AvgIpc) is 3.67. The zero-order valence-corrected chi connectivity index (χ0v) is 25.1. The summed E-state index contributed by atoms with van der Waals surface area (Å²) >= 11 is 12.5. The van der Waals surface area contributed by atoms with Gasteiger partial charge in [-0.1, -0.05) is 47.5 Å². The molecular formula is C32H34Cl2FN5O2. The second-order valence-electron chi connectivity index (χ2n) is 10.8. The number of amides is 2. The van der Waals surface area contributed by atoms with Gasteiger partial charge in [0, 0.05) is 55.4 Å². The van der Waals surface area contributed by atoms with Gasteiger partial charge >= 0.3 is 6.03 Å². The second-order valence-corrected chi connectivity index (χ2v) is 11.6. The third-order valence-electron chi connectivity index (χ3n) is 8.19. The summed E-state index contributed by atoms with van der Waals surface area (Å²) in [6, 6.07) is 18.4. The smallest absolute Gasteiger partial charge is 0.326 e. The third kappa shape index (κ3) is 5.86. The third-order valence-corrected chi connectivity index (χ3v) is 8.69. The van der Waals surface area contributed by atoms with E-state index in [0.29, 0.717) is 46.9 Å². The van der Waals surface area contributed by atoms with Crippen molar-refractivity contribution in [3.63, 3.8) is 0 Å². The molecule has 2 unspecified atom stereocenters. The second kappa shape index (κ2) is 12.6. The fourth-order valence-corrected chi connectivity index (χ4v) is 6.37. The van der Waals surface area contributed by atoms with E-state index in [9.17, 15) is 9.18 Å². The van der Waals surface area contributed by atoms with E-state index in [-0.39, 0.29) is 6.03 Å². The van der Waals surface area contributed by atoms with Crippen molar-refractivity contribution in [1.82, 2.24) is 19.8 Å². The van der Waals surface area contributed by atoms with Crippen LogP contribution in [0.1, 0.15) is 48.5 Å². The number of ether oxygens (including phenoxy) is 1. The van der Waals surface area contributed by atoms with Gasteiger partial charge in [-0.05, 0) is 67.3 Å². The molecule has 0 N–H and O–H groups in total. The van der Waals surface area contributed by atoms with Gasteiger partial charge < -0.3 is 9.64 Å². The molecule has 0 radical (unpaired) electrons. The summed E-state index contributed by atoms with van der Waals surface area (Å²) in [5.74, 6) is 0.380. The first-order valence-electron chi connectivity index (χ1n) is 14.5. The predicted molar refractivity (Wildman–Crippen MR) is 164 cm³/mol. The number of hydrazine groups is 1. The highest BCUT2D eigenvalue weighted by atomic mass is 35.5. The number of carbonyl (C=O) groups is 1. The number of piperazine rings is 1. The standard InChI is InChI=1S/C32H34Cl2FN5O2/c1-2-42-28-21-26(35)13-14-27(28)31-36-29(22-5-9-24(33)10-6-22)30(23-7-11-25(34)12-8-23)40(31)32(41)37-17-19-39(20-18-37)38-15-3-4-16-38/h5-14,21,29-30H,2-4,15-20H2,1H3. The highest BCUT2D eigenvalue weighted by Crippen LogP contribution is 2.45. The lowest BCUT2D eigenvalue weighted by molar-refractivity contribution is -0.0341. The fraction of sp³-hybridized carbons (Fsp3) is 0.375. The summed E-state index contributed by atoms with van der Waals surface area (Å²) < 4.78 is 20.3. The van der Waals surface area contributed by atoms with Crippen LogP contribution in [0.4, 0.5) is 9.18 Å². The first-order valence-corrected chi connectivity index (χ1v) is 15.3. The molecule has 0 aromatic heterocycles. The maximum atomic E-state index is 14.6. The Morgan fingerprint density at radius 1 is 0.857 bits per heavy atom. The van der Waals surface area contributed by atoms with Gasteiger partial charge in [0.25, 0.3) is 0 Å². The number of nitrogens with zero attached hydrogens (tertiary/aromatic N) is 5. The van der Waals surface area contributed by atoms with E-state index in [2.05, 4.69) is 10.0 Å². The number of rotatable bonds is 6. The Morgan fingerprint density at radius 2 is 1.45 bits per heavy atom. The van der Waals surface area contributed by atoms with Crippen molar-refractivity contribution in [1.29, 1.82) is 0 Å². The van der Waals surface area contributed by atoms with Crippen LogP contribution in [0.3, 0.4) is 0 Å². The van der Waals surface area contributed by atoms with E-state index in [1.165, 1.54) is 25.0 Å². The number of halogens is 3. The molecule has 3 aliphatic rings. The molecule has 220 valence electrons. The van der Waals surface area contributed by atoms with Crippen LogP contribution < -0.4 is 4.74 Å². The molecule has 0 saturated carbocycles. The molecule has 6 rings (SSSR count). The summed E-state index contributed by atoms with van der Waals surface area (Å²) in [5, 5.41) is 6.00. The molecule has 3 aliphatic heterocycles. The number of hydrogen-bond donors (Lipinski definition) is 0. The summed E-state index contributed by atoms with van der Waals surface area (Å²) in [6.07, 6.45) is 2.42. The maximum absolute atomic E-state index is 14.6. The average molecular weight is 611 g/mol. The fourth-order valence-electron chi connectivity index (χ4n) is 6.12. The highest BCUT2D eigenvalue weighted by Gasteiger charge is 2.45. The molecule has 2 saturated heterocycles. The Bertz CT molecular complexity index is 1440. The van der Waals surface area contributed by atoms with Gasteiger partial charge in [-0.25, -0.2) is 19.2 Å². The van der Waals surface area contributed by atoms with E-state index in [1.807, 2.05) is 60.4 Å². The van der Waals surface area contributed by atoms with Crippen LogP contribution in [0, 0.1) is 5.82 Å². The Morgan fingerprint density at radius 3 is 2.07 bits per heavy atom. The number of urea groups is 1. The van der Waals surface area contributed by atoms with Crippen LogP contribution in [0.2, 0.25) is 10.0 Å². The van der Waals surface area contributed by atoms with Crippen LogP contribution >= 0.6 is 23.2 Å². The van der Waals surface area contributed by atoms with Crippen molar-refractivity contribution in [2.75, 3.05) is 45.9 Å². The van der Waals surface area contributed by atoms with Crippen molar-refractivity contribution in [2.24, 2.45) is 4.99 Å². The van der Waals surface area contributed by atoms with Gasteiger partial charge in [-0.3, -0.25) is 9.89 Å². The number of carbonyl (C=O) groups excluding carboxylic acids is 1. The molecule has 2 fully saturated rings. The Balaban J connectivity index is 1.43. The van der Waals surface area contributed by atoms with Gasteiger partial charge in [0.15, 0.2) is 0 Å². The van der Waals surface area contributed by atoms with E-state index in [1.54, 1.807) is 11.0 Å². The molecule has 10 heteroatoms. The molecule has 0 aliphatic carbocycles. The minimum Gasteiger partial charge on any atom is -0.493 e. The minimum absolute atomic E-state index is 0.141. The van der Waals surface area contributed by atoms with Gasteiger partial charge in [-0.15, -0.1) is 0 Å². The molecule has 3 aromatic rings. The Kier molecular flexibility index (Phi) is 8.67. The van der Waals surface area contributed by atoms with E-state index in [0.717, 1.165) is 37.3 Å². The van der Waals surface area contributed by atoms with Crippen molar-refractivity contribution in [3.8, 4) is 5.75 Å². The van der Waals surface area contributed by atoms with Gasteiger partial charge in [0.05, 0.1) is 18.2 Å². The molecule has 3 aromatic carbocycles. The van der Waals surface area contributed by atoms with Crippen LogP contribution in [0.15, 0.2) is 71.7 Å². The van der Waals surface area contributed by atoms with Crippen molar-refractivity contribution in [3.05, 3.63) is 99.3 Å². The molecular weight excluding hydrogens is 576 g/mol. The Labute approximate surface area is 256 Å². The molecule has 7 nitrogen and oxygen atoms in total. The number of aliphatic imine (C=N–C) groups is 1. The van der Waals surface area contributed by atoms with Crippen molar-refractivity contribution >= 4 is 35.1 Å². The van der Waals surface area contributed by atoms with Crippen LogP contribution in [-0.2, 0) is 0 Å². The van der Waals surface area contributed by atoms with E-state index >= 15 is 0 Å². The van der Waals surface area contributed by atoms with E-state index < -0.39 is 17.9 Å². The van der Waals surface area contributed by atoms with Gasteiger partial charge in [0.2, 0.25) is 0 Å². The maximum Gasteiger partial charge on any atom is 0.326 e. The summed E-state index contributed by atoms with van der Waals surface area (Å²) in [4.78, 5) is 23.5. The number of hydrogen-bond acceptors (Lipinski definition) is 5. The monoisotopic (exact) mass is 609 g/mol. The lowest BCUT2D eigenvalue weighted by Crippen LogP contribution is -2.57. The molecule has 3 heterocycles.